The summed E-state index contributed by atoms with van der Waals surface area (Å²) in [4.78, 5) is 2.40. The van der Waals surface area contributed by atoms with E-state index in [0.717, 1.165) is 36.6 Å². The average molecular weight is 377 g/mol. The van der Waals surface area contributed by atoms with Crippen molar-refractivity contribution in [2.75, 3.05) is 34.0 Å². The van der Waals surface area contributed by atoms with E-state index < -0.39 is 6.23 Å². The number of halogens is 1. The third kappa shape index (κ3) is 4.55. The van der Waals surface area contributed by atoms with Gasteiger partial charge in [0.05, 0.1) is 26.4 Å². The van der Waals surface area contributed by atoms with Gasteiger partial charge < -0.3 is 19.9 Å². The molecule has 2 aromatic rings. The van der Waals surface area contributed by atoms with Crippen LogP contribution in [0.4, 0.5) is 0 Å². The fourth-order valence-corrected chi connectivity index (χ4v) is 3.48. The fraction of sp³-hybridized carbons (Fsp3) is 0.400. The maximum Gasteiger partial charge on any atom is 0.131 e. The van der Waals surface area contributed by atoms with E-state index in [2.05, 4.69) is 23.1 Å². The zero-order chi connectivity index (χ0) is 18.5. The number of hydrogen-bond acceptors (Lipinski definition) is 5. The molecule has 140 valence electrons. The second kappa shape index (κ2) is 8.84. The SMILES string of the molecule is COc1ccc(CN2CCOC[C@H]2c2cc(Cl)cc(C(N)OC)c2)cc1. The first kappa shape index (κ1) is 19.1. The number of nitrogens with two attached hydrogens (primary N) is 1. The smallest absolute Gasteiger partial charge is 0.131 e. The van der Waals surface area contributed by atoms with Crippen molar-refractivity contribution in [3.8, 4) is 5.75 Å². The van der Waals surface area contributed by atoms with Crippen LogP contribution in [0.5, 0.6) is 5.75 Å². The Bertz CT molecular complexity index is 723. The lowest BCUT2D eigenvalue weighted by Gasteiger charge is -2.36. The maximum atomic E-state index is 6.33. The zero-order valence-corrected chi connectivity index (χ0v) is 15.9. The van der Waals surface area contributed by atoms with Crippen LogP contribution in [-0.4, -0.2) is 38.9 Å². The summed E-state index contributed by atoms with van der Waals surface area (Å²) < 4.78 is 16.2. The Morgan fingerprint density at radius 1 is 1.23 bits per heavy atom. The first-order chi connectivity index (χ1) is 12.6. The molecule has 5 nitrogen and oxygen atoms in total. The molecule has 2 atom stereocenters. The molecule has 0 spiro atoms. The minimum absolute atomic E-state index is 0.118. The van der Waals surface area contributed by atoms with E-state index in [4.69, 9.17) is 31.5 Å². The highest BCUT2D eigenvalue weighted by atomic mass is 35.5. The van der Waals surface area contributed by atoms with E-state index in [-0.39, 0.29) is 6.04 Å². The molecule has 0 aliphatic carbocycles. The van der Waals surface area contributed by atoms with Crippen LogP contribution in [0, 0.1) is 0 Å². The van der Waals surface area contributed by atoms with Crippen molar-refractivity contribution >= 4 is 11.6 Å². The van der Waals surface area contributed by atoms with Crippen molar-refractivity contribution in [3.63, 3.8) is 0 Å². The Kier molecular flexibility index (Phi) is 6.51. The quantitative estimate of drug-likeness (QED) is 0.781. The third-order valence-corrected chi connectivity index (χ3v) is 4.91. The monoisotopic (exact) mass is 376 g/mol. The van der Waals surface area contributed by atoms with Gasteiger partial charge in [0.2, 0.25) is 0 Å². The van der Waals surface area contributed by atoms with Crippen molar-refractivity contribution in [2.24, 2.45) is 5.73 Å². The molecule has 6 heteroatoms. The minimum atomic E-state index is -0.494. The first-order valence-corrected chi connectivity index (χ1v) is 9.02. The molecular formula is C20H25ClN2O3. The van der Waals surface area contributed by atoms with Crippen molar-refractivity contribution < 1.29 is 14.2 Å². The van der Waals surface area contributed by atoms with Crippen LogP contribution in [0.3, 0.4) is 0 Å². The van der Waals surface area contributed by atoms with Gasteiger partial charge in [-0.1, -0.05) is 29.8 Å². The van der Waals surface area contributed by atoms with Crippen molar-refractivity contribution in [1.82, 2.24) is 4.90 Å². The van der Waals surface area contributed by atoms with Crippen LogP contribution >= 0.6 is 11.6 Å². The summed E-state index contributed by atoms with van der Waals surface area (Å²) >= 11 is 6.33. The van der Waals surface area contributed by atoms with E-state index >= 15 is 0 Å². The molecule has 1 aliphatic rings. The molecule has 0 radical (unpaired) electrons. The predicted molar refractivity (Wildman–Crippen MR) is 102 cm³/mol. The summed E-state index contributed by atoms with van der Waals surface area (Å²) in [5.74, 6) is 0.861. The van der Waals surface area contributed by atoms with Crippen molar-refractivity contribution in [2.45, 2.75) is 18.8 Å². The number of ether oxygens (including phenoxy) is 3. The van der Waals surface area contributed by atoms with E-state index in [1.165, 1.54) is 5.56 Å². The van der Waals surface area contributed by atoms with Gasteiger partial charge in [-0.2, -0.15) is 0 Å². The number of morpholine rings is 1. The van der Waals surface area contributed by atoms with Gasteiger partial charge in [0.25, 0.3) is 0 Å². The Morgan fingerprint density at radius 2 is 2.00 bits per heavy atom. The lowest BCUT2D eigenvalue weighted by Crippen LogP contribution is -2.39. The molecule has 0 amide bonds. The van der Waals surface area contributed by atoms with E-state index in [0.29, 0.717) is 11.6 Å². The van der Waals surface area contributed by atoms with Crippen molar-refractivity contribution in [1.29, 1.82) is 0 Å². The third-order valence-electron chi connectivity index (χ3n) is 4.69. The van der Waals surface area contributed by atoms with Gasteiger partial charge in [-0.15, -0.1) is 0 Å². The van der Waals surface area contributed by atoms with Gasteiger partial charge in [0.1, 0.15) is 12.0 Å². The normalized spacial score (nSPS) is 19.3. The predicted octanol–water partition coefficient (Wildman–Crippen LogP) is 3.53. The van der Waals surface area contributed by atoms with Crippen LogP contribution in [-0.2, 0) is 16.0 Å². The Balaban J connectivity index is 1.83. The number of hydrogen-bond donors (Lipinski definition) is 1. The zero-order valence-electron chi connectivity index (χ0n) is 15.2. The summed E-state index contributed by atoms with van der Waals surface area (Å²) in [6, 6.07) is 14.2. The molecule has 0 saturated carbocycles. The molecule has 2 aromatic carbocycles. The van der Waals surface area contributed by atoms with Gasteiger partial charge in [-0.3, -0.25) is 4.90 Å². The number of nitrogens with zero attached hydrogens (tertiary/aromatic N) is 1. The van der Waals surface area contributed by atoms with E-state index in [1.54, 1.807) is 14.2 Å². The summed E-state index contributed by atoms with van der Waals surface area (Å²) in [5.41, 5.74) is 9.20. The maximum absolute atomic E-state index is 6.33. The second-order valence-corrected chi connectivity index (χ2v) is 6.82. The van der Waals surface area contributed by atoms with Crippen LogP contribution in [0.15, 0.2) is 42.5 Å². The number of benzene rings is 2. The molecule has 2 N–H and O–H groups in total. The Hall–Kier alpha value is -1.63. The van der Waals surface area contributed by atoms with Crippen molar-refractivity contribution in [3.05, 3.63) is 64.2 Å². The van der Waals surface area contributed by atoms with E-state index in [1.807, 2.05) is 24.3 Å². The summed E-state index contributed by atoms with van der Waals surface area (Å²) in [5, 5.41) is 0.653. The Labute approximate surface area is 159 Å². The molecule has 26 heavy (non-hydrogen) atoms. The molecular weight excluding hydrogens is 352 g/mol. The summed E-state index contributed by atoms with van der Waals surface area (Å²) in [7, 11) is 3.26. The van der Waals surface area contributed by atoms with Gasteiger partial charge in [0.15, 0.2) is 0 Å². The molecule has 1 aliphatic heterocycles. The number of methoxy groups -OCH3 is 2. The van der Waals surface area contributed by atoms with Crippen LogP contribution in [0.2, 0.25) is 5.02 Å². The highest BCUT2D eigenvalue weighted by Crippen LogP contribution is 2.30. The first-order valence-electron chi connectivity index (χ1n) is 8.64. The molecule has 1 saturated heterocycles. The molecule has 0 bridgehead atoms. The molecule has 1 fully saturated rings. The van der Waals surface area contributed by atoms with E-state index in [9.17, 15) is 0 Å². The molecule has 0 aromatic heterocycles. The van der Waals surface area contributed by atoms with Gasteiger partial charge in [-0.05, 0) is 41.0 Å². The largest absolute Gasteiger partial charge is 0.497 e. The highest BCUT2D eigenvalue weighted by molar-refractivity contribution is 6.30. The van der Waals surface area contributed by atoms with Crippen LogP contribution in [0.25, 0.3) is 0 Å². The van der Waals surface area contributed by atoms with Gasteiger partial charge >= 0.3 is 0 Å². The standard InChI is InChI=1S/C20H25ClN2O3/c1-24-18-5-3-14(4-6-18)12-23-7-8-26-13-19(23)15-9-16(20(22)25-2)11-17(21)10-15/h3-6,9-11,19-20H,7-8,12-13,22H2,1-2H3/t19-,20?/m0/s1. The van der Waals surface area contributed by atoms with Crippen LogP contribution in [0.1, 0.15) is 29.0 Å². The second-order valence-electron chi connectivity index (χ2n) is 6.38. The Morgan fingerprint density at radius 3 is 2.69 bits per heavy atom. The number of rotatable bonds is 6. The van der Waals surface area contributed by atoms with Gasteiger partial charge in [-0.25, -0.2) is 0 Å². The average Bonchev–Trinajstić information content (AvgIpc) is 2.68. The summed E-state index contributed by atoms with van der Waals surface area (Å²) in [6.07, 6.45) is -0.494. The lowest BCUT2D eigenvalue weighted by molar-refractivity contribution is -0.0128. The molecule has 1 heterocycles. The highest BCUT2D eigenvalue weighted by Gasteiger charge is 2.26. The fourth-order valence-electron chi connectivity index (χ4n) is 3.23. The van der Waals surface area contributed by atoms with Gasteiger partial charge in [0, 0.05) is 25.2 Å². The topological polar surface area (TPSA) is 57.0 Å². The van der Waals surface area contributed by atoms with Crippen LogP contribution < -0.4 is 10.5 Å². The summed E-state index contributed by atoms with van der Waals surface area (Å²) in [6.45, 7) is 3.03. The lowest BCUT2D eigenvalue weighted by atomic mass is 10.0. The molecule has 1 unspecified atom stereocenters. The minimum Gasteiger partial charge on any atom is -0.497 e. The molecule has 3 rings (SSSR count).